The normalized spacial score (nSPS) is 11.9. The number of hydrogen-bond donors (Lipinski definition) is 1. The second kappa shape index (κ2) is 7.69. The highest BCUT2D eigenvalue weighted by Gasteiger charge is 2.19. The molecule has 0 spiro atoms. The lowest BCUT2D eigenvalue weighted by Crippen LogP contribution is -2.26. The molecule has 0 aliphatic carbocycles. The van der Waals surface area contributed by atoms with Crippen molar-refractivity contribution in [1.82, 2.24) is 30.0 Å². The van der Waals surface area contributed by atoms with E-state index in [9.17, 15) is 4.79 Å². The largest absolute Gasteiger partial charge is 0.345 e. The van der Waals surface area contributed by atoms with Gasteiger partial charge in [0.25, 0.3) is 5.91 Å². The van der Waals surface area contributed by atoms with Crippen molar-refractivity contribution in [3.8, 4) is 16.4 Å². The summed E-state index contributed by atoms with van der Waals surface area (Å²) in [6.07, 6.45) is 4.86. The van der Waals surface area contributed by atoms with Crippen LogP contribution >= 0.6 is 11.3 Å². The summed E-state index contributed by atoms with van der Waals surface area (Å²) < 4.78 is 1.69. The molecule has 0 unspecified atom stereocenters. The summed E-state index contributed by atoms with van der Waals surface area (Å²) in [4.78, 5) is 26.1. The first-order valence-electron chi connectivity index (χ1n) is 8.76. The van der Waals surface area contributed by atoms with E-state index in [0.29, 0.717) is 10.6 Å². The lowest BCUT2D eigenvalue weighted by Gasteiger charge is -2.14. The average Bonchev–Trinajstić information content (AvgIpc) is 3.39. The number of aromatic nitrogens is 5. The van der Waals surface area contributed by atoms with Crippen molar-refractivity contribution in [2.75, 3.05) is 0 Å². The number of nitrogens with zero attached hydrogens (tertiary/aromatic N) is 5. The molecule has 0 bridgehead atoms. The highest BCUT2D eigenvalue weighted by Crippen LogP contribution is 2.27. The Labute approximate surface area is 166 Å². The first kappa shape index (κ1) is 18.0. The smallest absolute Gasteiger partial charge is 0.263 e. The molecule has 0 aliphatic heterocycles. The Morgan fingerprint density at radius 3 is 2.68 bits per heavy atom. The fraction of sp³-hybridized carbons (Fsp3) is 0.150. The summed E-state index contributed by atoms with van der Waals surface area (Å²) in [5.41, 5.74) is 3.39. The van der Waals surface area contributed by atoms with E-state index in [4.69, 9.17) is 0 Å². The number of carbonyl (C=O) groups excluding carboxylic acids is 1. The van der Waals surface area contributed by atoms with Gasteiger partial charge in [0.15, 0.2) is 0 Å². The van der Waals surface area contributed by atoms with Crippen LogP contribution in [0.15, 0.2) is 61.3 Å². The van der Waals surface area contributed by atoms with Gasteiger partial charge >= 0.3 is 0 Å². The summed E-state index contributed by atoms with van der Waals surface area (Å²) in [6.45, 7) is 3.80. The SMILES string of the molecule is Cc1nc(-c2ccccn2)sc1C(=O)N[C@@H](C)c1ccc(-n2cncn2)cc1. The van der Waals surface area contributed by atoms with Crippen LogP contribution in [0.2, 0.25) is 0 Å². The lowest BCUT2D eigenvalue weighted by atomic mass is 10.1. The van der Waals surface area contributed by atoms with Crippen LogP contribution in [-0.2, 0) is 0 Å². The van der Waals surface area contributed by atoms with Crippen molar-refractivity contribution < 1.29 is 4.79 Å². The molecule has 0 saturated carbocycles. The molecular weight excluding hydrogens is 372 g/mol. The Kier molecular flexibility index (Phi) is 4.94. The third-order valence-electron chi connectivity index (χ3n) is 4.31. The molecule has 140 valence electrons. The molecule has 0 radical (unpaired) electrons. The average molecular weight is 390 g/mol. The molecule has 8 heteroatoms. The molecule has 1 amide bonds. The van der Waals surface area contributed by atoms with Crippen LogP contribution in [0.25, 0.3) is 16.4 Å². The second-order valence-electron chi connectivity index (χ2n) is 6.28. The molecule has 0 aliphatic rings. The van der Waals surface area contributed by atoms with Crippen molar-refractivity contribution in [2.24, 2.45) is 0 Å². The Bertz CT molecular complexity index is 1070. The molecule has 0 saturated heterocycles. The Balaban J connectivity index is 1.48. The Morgan fingerprint density at radius 2 is 2.00 bits per heavy atom. The molecule has 4 rings (SSSR count). The van der Waals surface area contributed by atoms with Crippen LogP contribution in [0.1, 0.15) is 33.9 Å². The summed E-state index contributed by atoms with van der Waals surface area (Å²) in [5, 5.41) is 7.90. The number of thiazole rings is 1. The molecule has 28 heavy (non-hydrogen) atoms. The van der Waals surface area contributed by atoms with Gasteiger partial charge in [-0.25, -0.2) is 14.6 Å². The van der Waals surface area contributed by atoms with E-state index in [0.717, 1.165) is 22.0 Å². The Hall–Kier alpha value is -3.39. The number of benzene rings is 1. The monoisotopic (exact) mass is 390 g/mol. The third-order valence-corrected chi connectivity index (χ3v) is 5.49. The van der Waals surface area contributed by atoms with Gasteiger partial charge in [-0.3, -0.25) is 9.78 Å². The fourth-order valence-corrected chi connectivity index (χ4v) is 3.75. The van der Waals surface area contributed by atoms with Crippen molar-refractivity contribution in [1.29, 1.82) is 0 Å². The third kappa shape index (κ3) is 3.67. The van der Waals surface area contributed by atoms with E-state index in [2.05, 4.69) is 25.4 Å². The van der Waals surface area contributed by atoms with E-state index in [1.54, 1.807) is 17.2 Å². The van der Waals surface area contributed by atoms with Gasteiger partial charge in [-0.2, -0.15) is 5.10 Å². The molecule has 3 heterocycles. The standard InChI is InChI=1S/C20H18N6OS/c1-13(15-6-8-16(9-7-15)26-12-21-11-23-26)24-19(27)18-14(2)25-20(28-18)17-5-3-4-10-22-17/h3-13H,1-2H3,(H,24,27)/t13-/m0/s1. The van der Waals surface area contributed by atoms with Crippen LogP contribution in [0.4, 0.5) is 0 Å². The summed E-state index contributed by atoms with van der Waals surface area (Å²) in [6, 6.07) is 13.4. The van der Waals surface area contributed by atoms with E-state index >= 15 is 0 Å². The predicted octanol–water partition coefficient (Wildman–Crippen LogP) is 3.59. The molecule has 1 aromatic carbocycles. The van der Waals surface area contributed by atoms with Crippen molar-refractivity contribution >= 4 is 17.2 Å². The van der Waals surface area contributed by atoms with Gasteiger partial charge in [0, 0.05) is 6.20 Å². The molecule has 0 fully saturated rings. The predicted molar refractivity (Wildman–Crippen MR) is 107 cm³/mol. The molecule has 4 aromatic rings. The van der Waals surface area contributed by atoms with E-state index in [1.165, 1.54) is 17.7 Å². The van der Waals surface area contributed by atoms with Gasteiger partial charge in [-0.05, 0) is 43.7 Å². The first-order valence-corrected chi connectivity index (χ1v) is 9.58. The number of nitrogens with one attached hydrogen (secondary N) is 1. The van der Waals surface area contributed by atoms with Crippen molar-refractivity contribution in [3.63, 3.8) is 0 Å². The molecular formula is C20H18N6OS. The quantitative estimate of drug-likeness (QED) is 0.563. The maximum Gasteiger partial charge on any atom is 0.263 e. The van der Waals surface area contributed by atoms with Crippen LogP contribution in [0.3, 0.4) is 0 Å². The number of aryl methyl sites for hydroxylation is 1. The zero-order valence-electron chi connectivity index (χ0n) is 15.4. The summed E-state index contributed by atoms with van der Waals surface area (Å²) in [7, 11) is 0. The summed E-state index contributed by atoms with van der Waals surface area (Å²) >= 11 is 1.35. The lowest BCUT2D eigenvalue weighted by molar-refractivity contribution is 0.0943. The second-order valence-corrected chi connectivity index (χ2v) is 7.27. The highest BCUT2D eigenvalue weighted by atomic mass is 32.1. The van der Waals surface area contributed by atoms with Crippen LogP contribution in [0, 0.1) is 6.92 Å². The molecule has 3 aromatic heterocycles. The number of hydrogen-bond acceptors (Lipinski definition) is 6. The maximum atomic E-state index is 12.8. The molecule has 1 atom stereocenters. The van der Waals surface area contributed by atoms with Gasteiger partial charge in [-0.1, -0.05) is 18.2 Å². The van der Waals surface area contributed by atoms with Crippen LogP contribution < -0.4 is 5.32 Å². The van der Waals surface area contributed by atoms with Crippen LogP contribution in [-0.4, -0.2) is 30.6 Å². The van der Waals surface area contributed by atoms with Gasteiger partial charge in [0.2, 0.25) is 0 Å². The van der Waals surface area contributed by atoms with Gasteiger partial charge in [0.1, 0.15) is 22.5 Å². The highest BCUT2D eigenvalue weighted by molar-refractivity contribution is 7.17. The zero-order valence-corrected chi connectivity index (χ0v) is 16.2. The number of pyridine rings is 1. The molecule has 1 N–H and O–H groups in total. The number of rotatable bonds is 5. The Morgan fingerprint density at radius 1 is 1.18 bits per heavy atom. The molecule has 7 nitrogen and oxygen atoms in total. The number of amides is 1. The maximum absolute atomic E-state index is 12.8. The van der Waals surface area contributed by atoms with Crippen molar-refractivity contribution in [2.45, 2.75) is 19.9 Å². The van der Waals surface area contributed by atoms with E-state index < -0.39 is 0 Å². The van der Waals surface area contributed by atoms with Gasteiger partial charge in [-0.15, -0.1) is 11.3 Å². The minimum absolute atomic E-state index is 0.134. The van der Waals surface area contributed by atoms with Gasteiger partial charge < -0.3 is 5.32 Å². The van der Waals surface area contributed by atoms with Crippen molar-refractivity contribution in [3.05, 3.63) is 77.5 Å². The zero-order chi connectivity index (χ0) is 19.5. The minimum Gasteiger partial charge on any atom is -0.345 e. The minimum atomic E-state index is -0.142. The van der Waals surface area contributed by atoms with E-state index in [-0.39, 0.29) is 11.9 Å². The van der Waals surface area contributed by atoms with Crippen LogP contribution in [0.5, 0.6) is 0 Å². The van der Waals surface area contributed by atoms with Gasteiger partial charge in [0.05, 0.1) is 23.1 Å². The van der Waals surface area contributed by atoms with E-state index in [1.807, 2.05) is 56.3 Å². The topological polar surface area (TPSA) is 85.6 Å². The summed E-state index contributed by atoms with van der Waals surface area (Å²) in [5.74, 6) is -0.134. The number of carbonyl (C=O) groups is 1. The fourth-order valence-electron chi connectivity index (χ4n) is 2.81. The first-order chi connectivity index (χ1) is 13.6.